The molecule has 1 aromatic heterocycles. The minimum absolute atomic E-state index is 0.107. The van der Waals surface area contributed by atoms with Crippen LogP contribution in [-0.2, 0) is 6.18 Å². The summed E-state index contributed by atoms with van der Waals surface area (Å²) in [4.78, 5) is 0. The SMILES string of the molecule is COc1ccc(/C(C#N)=C/c2ccc(-c3cc(C(F)(F)F)ccc3Cl)o2)cc1OC. The van der Waals surface area contributed by atoms with Gasteiger partial charge in [0.2, 0.25) is 0 Å². The van der Waals surface area contributed by atoms with Crippen molar-refractivity contribution in [1.29, 1.82) is 5.26 Å². The van der Waals surface area contributed by atoms with Gasteiger partial charge in [0.25, 0.3) is 0 Å². The molecule has 3 rings (SSSR count). The van der Waals surface area contributed by atoms with Crippen LogP contribution in [0.5, 0.6) is 11.5 Å². The third-order valence-corrected chi connectivity index (χ3v) is 4.62. The molecule has 2 aromatic carbocycles. The summed E-state index contributed by atoms with van der Waals surface area (Å²) in [6.45, 7) is 0. The first-order valence-corrected chi connectivity index (χ1v) is 8.95. The van der Waals surface area contributed by atoms with E-state index in [4.69, 9.17) is 25.5 Å². The van der Waals surface area contributed by atoms with Gasteiger partial charge in [0, 0.05) is 5.56 Å². The summed E-state index contributed by atoms with van der Waals surface area (Å²) in [6, 6.07) is 13.1. The Balaban J connectivity index is 1.98. The van der Waals surface area contributed by atoms with Gasteiger partial charge < -0.3 is 13.9 Å². The maximum Gasteiger partial charge on any atom is 0.416 e. The number of rotatable bonds is 5. The van der Waals surface area contributed by atoms with E-state index >= 15 is 0 Å². The van der Waals surface area contributed by atoms with Crippen LogP contribution in [0, 0.1) is 11.3 Å². The third-order valence-electron chi connectivity index (χ3n) is 4.29. The molecule has 8 heteroatoms. The summed E-state index contributed by atoms with van der Waals surface area (Å²) in [6.07, 6.45) is -3.03. The average Bonchev–Trinajstić information content (AvgIpc) is 3.19. The van der Waals surface area contributed by atoms with E-state index in [1.165, 1.54) is 32.4 Å². The molecular formula is C22H15ClF3NO3. The molecule has 0 N–H and O–H groups in total. The second-order valence-corrected chi connectivity index (χ2v) is 6.54. The van der Waals surface area contributed by atoms with Crippen molar-refractivity contribution in [1.82, 2.24) is 0 Å². The van der Waals surface area contributed by atoms with Crippen molar-refractivity contribution in [3.63, 3.8) is 0 Å². The summed E-state index contributed by atoms with van der Waals surface area (Å²) >= 11 is 6.06. The lowest BCUT2D eigenvalue weighted by Crippen LogP contribution is -2.04. The van der Waals surface area contributed by atoms with Crippen molar-refractivity contribution in [2.45, 2.75) is 6.18 Å². The molecule has 0 saturated carbocycles. The lowest BCUT2D eigenvalue weighted by atomic mass is 10.1. The van der Waals surface area contributed by atoms with E-state index in [0.717, 1.165) is 12.1 Å². The second kappa shape index (κ2) is 8.56. The number of nitrogens with zero attached hydrogens (tertiary/aromatic N) is 1. The van der Waals surface area contributed by atoms with E-state index in [9.17, 15) is 18.4 Å². The van der Waals surface area contributed by atoms with Gasteiger partial charge in [-0.25, -0.2) is 0 Å². The van der Waals surface area contributed by atoms with Crippen LogP contribution in [0.4, 0.5) is 13.2 Å². The highest BCUT2D eigenvalue weighted by molar-refractivity contribution is 6.33. The summed E-state index contributed by atoms with van der Waals surface area (Å²) in [5.74, 6) is 1.40. The van der Waals surface area contributed by atoms with Crippen molar-refractivity contribution in [3.8, 4) is 28.9 Å². The zero-order chi connectivity index (χ0) is 21.9. The number of hydrogen-bond donors (Lipinski definition) is 0. The van der Waals surface area contributed by atoms with Crippen LogP contribution in [0.15, 0.2) is 52.9 Å². The molecule has 0 aliphatic rings. The standard InChI is InChI=1S/C22H15ClF3NO3/c1-28-20-7-3-13(10-21(20)29-2)14(12-27)9-16-5-8-19(30-16)17-11-15(22(24,25)26)4-6-18(17)23/h3-11H,1-2H3/b14-9+. The molecule has 0 unspecified atom stereocenters. The molecule has 0 atom stereocenters. The van der Waals surface area contributed by atoms with Gasteiger partial charge in [-0.05, 0) is 60.2 Å². The quantitative estimate of drug-likeness (QED) is 0.420. The Morgan fingerprint density at radius 3 is 2.40 bits per heavy atom. The Morgan fingerprint density at radius 2 is 1.77 bits per heavy atom. The maximum absolute atomic E-state index is 13.0. The molecule has 0 radical (unpaired) electrons. The van der Waals surface area contributed by atoms with Gasteiger partial charge in [0.05, 0.1) is 36.4 Å². The fourth-order valence-corrected chi connectivity index (χ4v) is 3.00. The van der Waals surface area contributed by atoms with E-state index in [1.807, 2.05) is 0 Å². The van der Waals surface area contributed by atoms with Gasteiger partial charge in [-0.2, -0.15) is 18.4 Å². The van der Waals surface area contributed by atoms with Crippen LogP contribution in [0.25, 0.3) is 23.0 Å². The number of methoxy groups -OCH3 is 2. The molecular weight excluding hydrogens is 419 g/mol. The van der Waals surface area contributed by atoms with Crippen molar-refractivity contribution < 1.29 is 27.1 Å². The molecule has 30 heavy (non-hydrogen) atoms. The predicted molar refractivity (Wildman–Crippen MR) is 107 cm³/mol. The van der Waals surface area contributed by atoms with Crippen LogP contribution in [0.2, 0.25) is 5.02 Å². The highest BCUT2D eigenvalue weighted by atomic mass is 35.5. The number of nitriles is 1. The molecule has 154 valence electrons. The zero-order valence-corrected chi connectivity index (χ0v) is 16.6. The van der Waals surface area contributed by atoms with Gasteiger partial charge >= 0.3 is 6.18 Å². The molecule has 0 aliphatic heterocycles. The first-order valence-electron chi connectivity index (χ1n) is 8.58. The highest BCUT2D eigenvalue weighted by Crippen LogP contribution is 2.37. The van der Waals surface area contributed by atoms with Crippen LogP contribution < -0.4 is 9.47 Å². The van der Waals surface area contributed by atoms with Crippen LogP contribution >= 0.6 is 11.6 Å². The molecule has 0 saturated heterocycles. The van der Waals surface area contributed by atoms with Crippen LogP contribution in [-0.4, -0.2) is 14.2 Å². The maximum atomic E-state index is 13.0. The van der Waals surface area contributed by atoms with Crippen molar-refractivity contribution in [2.24, 2.45) is 0 Å². The number of alkyl halides is 3. The normalized spacial score (nSPS) is 11.8. The topological polar surface area (TPSA) is 55.4 Å². The third kappa shape index (κ3) is 4.44. The second-order valence-electron chi connectivity index (χ2n) is 6.13. The van der Waals surface area contributed by atoms with Gasteiger partial charge in [-0.3, -0.25) is 0 Å². The van der Waals surface area contributed by atoms with Crippen LogP contribution in [0.1, 0.15) is 16.9 Å². The Bertz CT molecular complexity index is 1140. The smallest absolute Gasteiger partial charge is 0.416 e. The van der Waals surface area contributed by atoms with Crippen molar-refractivity contribution in [2.75, 3.05) is 14.2 Å². The number of furan rings is 1. The van der Waals surface area contributed by atoms with E-state index < -0.39 is 11.7 Å². The van der Waals surface area contributed by atoms with Crippen LogP contribution in [0.3, 0.4) is 0 Å². The Kier molecular flexibility index (Phi) is 6.09. The lowest BCUT2D eigenvalue weighted by molar-refractivity contribution is -0.137. The Morgan fingerprint density at radius 1 is 1.03 bits per heavy atom. The molecule has 0 spiro atoms. The molecule has 0 amide bonds. The molecule has 1 heterocycles. The summed E-state index contributed by atoms with van der Waals surface area (Å²) in [5.41, 5.74) is 0.103. The number of benzene rings is 2. The Labute approximate surface area is 175 Å². The van der Waals surface area contributed by atoms with Gasteiger partial charge in [-0.1, -0.05) is 11.6 Å². The zero-order valence-electron chi connectivity index (χ0n) is 15.9. The fourth-order valence-electron chi connectivity index (χ4n) is 2.79. The molecule has 3 aromatic rings. The van der Waals surface area contributed by atoms with E-state index in [1.54, 1.807) is 24.3 Å². The van der Waals surface area contributed by atoms with E-state index in [0.29, 0.717) is 17.1 Å². The monoisotopic (exact) mass is 433 g/mol. The van der Waals surface area contributed by atoms with Gasteiger partial charge in [0.15, 0.2) is 11.5 Å². The predicted octanol–water partition coefficient (Wildman–Crippen LogP) is 6.70. The minimum Gasteiger partial charge on any atom is -0.493 e. The molecule has 0 bridgehead atoms. The van der Waals surface area contributed by atoms with Crippen molar-refractivity contribution >= 4 is 23.3 Å². The summed E-state index contributed by atoms with van der Waals surface area (Å²) < 4.78 is 55.1. The molecule has 0 fully saturated rings. The number of halogens is 4. The van der Waals surface area contributed by atoms with E-state index in [2.05, 4.69) is 6.07 Å². The number of ether oxygens (including phenoxy) is 2. The highest BCUT2D eigenvalue weighted by Gasteiger charge is 2.31. The molecule has 0 aliphatic carbocycles. The first-order chi connectivity index (χ1) is 14.3. The average molecular weight is 434 g/mol. The summed E-state index contributed by atoms with van der Waals surface area (Å²) in [7, 11) is 2.98. The largest absolute Gasteiger partial charge is 0.493 e. The fraction of sp³-hybridized carbons (Fsp3) is 0.136. The van der Waals surface area contributed by atoms with E-state index in [-0.39, 0.29) is 27.7 Å². The first kappa shape index (κ1) is 21.3. The van der Waals surface area contributed by atoms with Gasteiger partial charge in [-0.15, -0.1) is 0 Å². The van der Waals surface area contributed by atoms with Gasteiger partial charge in [0.1, 0.15) is 11.5 Å². The van der Waals surface area contributed by atoms with Crippen molar-refractivity contribution in [3.05, 3.63) is 70.4 Å². The lowest BCUT2D eigenvalue weighted by Gasteiger charge is -2.09. The summed E-state index contributed by atoms with van der Waals surface area (Å²) in [5, 5.41) is 9.67. The molecule has 4 nitrogen and oxygen atoms in total. The minimum atomic E-state index is -4.50. The number of allylic oxidation sites excluding steroid dienone is 1. The Hall–Kier alpha value is -3.37. The number of hydrogen-bond acceptors (Lipinski definition) is 4.